The highest BCUT2D eigenvalue weighted by atomic mass is 32.1. The molecule has 132 valence electrons. The van der Waals surface area contributed by atoms with Crippen molar-refractivity contribution in [2.75, 3.05) is 20.0 Å². The van der Waals surface area contributed by atoms with Gasteiger partial charge >= 0.3 is 11.9 Å². The summed E-state index contributed by atoms with van der Waals surface area (Å²) in [6.07, 6.45) is 1.01. The molecule has 10 nitrogen and oxygen atoms in total. The van der Waals surface area contributed by atoms with Gasteiger partial charge in [-0.05, 0) is 0 Å². The van der Waals surface area contributed by atoms with Gasteiger partial charge in [0.25, 0.3) is 11.2 Å². The molecule has 0 aromatic carbocycles. The minimum absolute atomic E-state index is 0.0128. The number of anilines is 1. The average molecular weight is 367 g/mol. The molecule has 2 aromatic rings. The van der Waals surface area contributed by atoms with E-state index in [2.05, 4.69) is 9.47 Å². The van der Waals surface area contributed by atoms with Gasteiger partial charge in [0.05, 0.1) is 37.4 Å². The third-order valence-corrected chi connectivity index (χ3v) is 4.34. The first-order chi connectivity index (χ1) is 11.8. The zero-order chi connectivity index (χ0) is 18.7. The molecule has 0 unspecified atom stereocenters. The number of hydrogen-bond acceptors (Lipinski definition) is 9. The molecule has 0 saturated carbocycles. The number of nitrogens with zero attached hydrogens (tertiary/aromatic N) is 2. The highest BCUT2D eigenvalue weighted by Gasteiger charge is 2.27. The fourth-order valence-corrected chi connectivity index (χ4v) is 3.12. The molecule has 2 N–H and O–H groups in total. The molecule has 25 heavy (non-hydrogen) atoms. The summed E-state index contributed by atoms with van der Waals surface area (Å²) in [6, 6.07) is 2.08. The SMILES string of the molecule is COC(=O)c1sc(N)c(C(=O)OC)c1Cn1cc([N+](=O)[O-])ccc1=O. The minimum Gasteiger partial charge on any atom is -0.465 e. The Bertz CT molecular complexity index is 916. The standard InChI is InChI=1S/C14H13N3O7S/c1-23-13(19)10-8(11(14(20)24-2)25-12(10)15)6-16-5-7(17(21)22)3-4-9(16)18/h3-5H,6,15H2,1-2H3. The van der Waals surface area contributed by atoms with E-state index in [1.165, 1.54) is 0 Å². The molecule has 0 aliphatic rings. The van der Waals surface area contributed by atoms with E-state index in [9.17, 15) is 24.5 Å². The van der Waals surface area contributed by atoms with E-state index in [0.29, 0.717) is 0 Å². The predicted octanol–water partition coefficient (Wildman–Crippen LogP) is 1.02. The third-order valence-electron chi connectivity index (χ3n) is 3.30. The Kier molecular flexibility index (Phi) is 5.17. The lowest BCUT2D eigenvalue weighted by molar-refractivity contribution is -0.385. The molecule has 2 rings (SSSR count). The third kappa shape index (κ3) is 3.50. The first-order valence-electron chi connectivity index (χ1n) is 6.72. The Balaban J connectivity index is 2.64. The molecule has 0 fully saturated rings. The van der Waals surface area contributed by atoms with Gasteiger partial charge in [-0.15, -0.1) is 11.3 Å². The summed E-state index contributed by atoms with van der Waals surface area (Å²) < 4.78 is 10.3. The smallest absolute Gasteiger partial charge is 0.348 e. The van der Waals surface area contributed by atoms with E-state index in [1.807, 2.05) is 0 Å². The number of hydrogen-bond donors (Lipinski definition) is 1. The van der Waals surface area contributed by atoms with Crippen LogP contribution in [0.3, 0.4) is 0 Å². The lowest BCUT2D eigenvalue weighted by Gasteiger charge is -2.08. The van der Waals surface area contributed by atoms with Crippen molar-refractivity contribution < 1.29 is 24.0 Å². The van der Waals surface area contributed by atoms with Crippen LogP contribution in [0.4, 0.5) is 10.7 Å². The Morgan fingerprint density at radius 3 is 2.48 bits per heavy atom. The molecular formula is C14H13N3O7S. The van der Waals surface area contributed by atoms with Crippen LogP contribution in [0.5, 0.6) is 0 Å². The number of nitrogen functional groups attached to an aromatic ring is 1. The van der Waals surface area contributed by atoms with Gasteiger partial charge in [-0.25, -0.2) is 9.59 Å². The van der Waals surface area contributed by atoms with Crippen LogP contribution in [-0.2, 0) is 16.0 Å². The average Bonchev–Trinajstić information content (AvgIpc) is 2.91. The Hall–Kier alpha value is -3.21. The summed E-state index contributed by atoms with van der Waals surface area (Å²) in [4.78, 5) is 46.2. The van der Waals surface area contributed by atoms with Crippen LogP contribution in [0.2, 0.25) is 0 Å². The number of carbonyl (C=O) groups excluding carboxylic acids is 2. The molecule has 0 spiro atoms. The van der Waals surface area contributed by atoms with Crippen molar-refractivity contribution in [2.45, 2.75) is 6.54 Å². The van der Waals surface area contributed by atoms with Crippen LogP contribution >= 0.6 is 11.3 Å². The molecule has 0 radical (unpaired) electrons. The van der Waals surface area contributed by atoms with Gasteiger partial charge in [-0.2, -0.15) is 0 Å². The second-order valence-corrected chi connectivity index (χ2v) is 5.79. The summed E-state index contributed by atoms with van der Waals surface area (Å²) >= 11 is 0.806. The van der Waals surface area contributed by atoms with E-state index in [4.69, 9.17) is 5.73 Å². The number of ether oxygens (including phenoxy) is 2. The summed E-state index contributed by atoms with van der Waals surface area (Å²) in [6.45, 7) is -0.289. The van der Waals surface area contributed by atoms with Crippen LogP contribution in [0.1, 0.15) is 25.6 Å². The Morgan fingerprint density at radius 1 is 1.28 bits per heavy atom. The second-order valence-electron chi connectivity index (χ2n) is 4.74. The molecule has 0 aliphatic heterocycles. The van der Waals surface area contributed by atoms with Crippen molar-refractivity contribution in [1.29, 1.82) is 0 Å². The topological polar surface area (TPSA) is 144 Å². The first-order valence-corrected chi connectivity index (χ1v) is 7.54. The Morgan fingerprint density at radius 2 is 1.92 bits per heavy atom. The van der Waals surface area contributed by atoms with Crippen molar-refractivity contribution in [1.82, 2.24) is 4.57 Å². The van der Waals surface area contributed by atoms with Crippen LogP contribution in [0.25, 0.3) is 0 Å². The maximum atomic E-state index is 12.0. The number of nitrogens with two attached hydrogens (primary N) is 1. The fourth-order valence-electron chi connectivity index (χ4n) is 2.14. The quantitative estimate of drug-likeness (QED) is 0.468. The van der Waals surface area contributed by atoms with Gasteiger partial charge in [0.2, 0.25) is 0 Å². The number of methoxy groups -OCH3 is 2. The predicted molar refractivity (Wildman–Crippen MR) is 87.9 cm³/mol. The van der Waals surface area contributed by atoms with Crippen LogP contribution in [0.15, 0.2) is 23.1 Å². The van der Waals surface area contributed by atoms with Crippen molar-refractivity contribution >= 4 is 34.0 Å². The van der Waals surface area contributed by atoms with Crippen LogP contribution in [-0.4, -0.2) is 35.6 Å². The number of pyridine rings is 1. The lowest BCUT2D eigenvalue weighted by Crippen LogP contribution is -2.21. The van der Waals surface area contributed by atoms with Crippen molar-refractivity contribution in [3.63, 3.8) is 0 Å². The molecule has 11 heteroatoms. The summed E-state index contributed by atoms with van der Waals surface area (Å²) in [5.41, 5.74) is 4.95. The number of nitro groups is 1. The zero-order valence-corrected chi connectivity index (χ0v) is 14.0. The van der Waals surface area contributed by atoms with E-state index in [0.717, 1.165) is 48.5 Å². The Labute approximate surface area is 144 Å². The number of carbonyl (C=O) groups is 2. The van der Waals surface area contributed by atoms with E-state index in [1.54, 1.807) is 0 Å². The molecule has 2 aromatic heterocycles. The number of rotatable bonds is 5. The van der Waals surface area contributed by atoms with Crippen LogP contribution in [0, 0.1) is 10.1 Å². The minimum atomic E-state index is -0.794. The molecule has 2 heterocycles. The molecule has 0 saturated heterocycles. The fraction of sp³-hybridized carbons (Fsp3) is 0.214. The molecular weight excluding hydrogens is 354 g/mol. The van der Waals surface area contributed by atoms with Crippen molar-refractivity contribution in [2.24, 2.45) is 0 Å². The maximum absolute atomic E-state index is 12.0. The number of thiophene rings is 1. The van der Waals surface area contributed by atoms with Gasteiger partial charge in [0.1, 0.15) is 9.88 Å². The van der Waals surface area contributed by atoms with Crippen LogP contribution < -0.4 is 11.3 Å². The number of aromatic nitrogens is 1. The molecule has 0 amide bonds. The maximum Gasteiger partial charge on any atom is 0.348 e. The zero-order valence-electron chi connectivity index (χ0n) is 13.2. The largest absolute Gasteiger partial charge is 0.465 e. The van der Waals surface area contributed by atoms with Gasteiger partial charge in [0, 0.05) is 17.7 Å². The molecule has 0 aliphatic carbocycles. The van der Waals surface area contributed by atoms with Crippen molar-refractivity contribution in [3.05, 3.63) is 54.8 Å². The number of esters is 2. The summed E-state index contributed by atoms with van der Waals surface area (Å²) in [5, 5.41) is 10.9. The monoisotopic (exact) mass is 367 g/mol. The highest BCUT2D eigenvalue weighted by Crippen LogP contribution is 2.33. The summed E-state index contributed by atoms with van der Waals surface area (Å²) in [7, 11) is 2.29. The van der Waals surface area contributed by atoms with Gasteiger partial charge in [-0.3, -0.25) is 14.9 Å². The van der Waals surface area contributed by atoms with E-state index in [-0.39, 0.29) is 33.2 Å². The van der Waals surface area contributed by atoms with E-state index >= 15 is 0 Å². The van der Waals surface area contributed by atoms with Gasteiger partial charge < -0.3 is 19.8 Å². The van der Waals surface area contributed by atoms with E-state index < -0.39 is 22.4 Å². The highest BCUT2D eigenvalue weighted by molar-refractivity contribution is 7.18. The second kappa shape index (κ2) is 7.13. The summed E-state index contributed by atoms with van der Waals surface area (Å²) in [5.74, 6) is -1.54. The first kappa shape index (κ1) is 18.1. The van der Waals surface area contributed by atoms with Crippen molar-refractivity contribution in [3.8, 4) is 0 Å². The lowest BCUT2D eigenvalue weighted by atomic mass is 10.1. The normalized spacial score (nSPS) is 10.3. The van der Waals surface area contributed by atoms with Gasteiger partial charge in [-0.1, -0.05) is 0 Å². The molecule has 0 atom stereocenters. The molecule has 0 bridgehead atoms. The van der Waals surface area contributed by atoms with Gasteiger partial charge in [0.15, 0.2) is 0 Å².